The molecular weight excluding hydrogens is 270 g/mol. The lowest BCUT2D eigenvalue weighted by molar-refractivity contribution is -0.147. The number of nitrogens with one attached hydrogen (secondary N) is 1. The molecule has 0 saturated heterocycles. The molecule has 114 valence electrons. The molecule has 0 radical (unpaired) electrons. The van der Waals surface area contributed by atoms with Crippen molar-refractivity contribution < 1.29 is 19.4 Å². The fraction of sp³-hybridized carbons (Fsp3) is 0.500. The van der Waals surface area contributed by atoms with Crippen molar-refractivity contribution in [2.75, 3.05) is 5.32 Å². The fourth-order valence-corrected chi connectivity index (χ4v) is 2.45. The molecular formula is C16H21NO4. The molecule has 1 aromatic rings. The van der Waals surface area contributed by atoms with Crippen LogP contribution in [0.2, 0.25) is 0 Å². The Bertz CT molecular complexity index is 538. The van der Waals surface area contributed by atoms with Gasteiger partial charge in [-0.2, -0.15) is 0 Å². The van der Waals surface area contributed by atoms with Crippen LogP contribution >= 0.6 is 0 Å². The number of carbonyl (C=O) groups excluding carboxylic acids is 1. The Morgan fingerprint density at radius 2 is 1.76 bits per heavy atom. The van der Waals surface area contributed by atoms with Crippen molar-refractivity contribution in [1.29, 1.82) is 0 Å². The van der Waals surface area contributed by atoms with Crippen LogP contribution in [0.15, 0.2) is 24.3 Å². The first-order valence-electron chi connectivity index (χ1n) is 7.07. The zero-order valence-corrected chi connectivity index (χ0v) is 12.6. The maximum absolute atomic E-state index is 11.7. The first-order valence-corrected chi connectivity index (χ1v) is 7.07. The van der Waals surface area contributed by atoms with Gasteiger partial charge in [-0.15, -0.1) is 0 Å². The molecule has 2 rings (SSSR count). The molecule has 1 saturated carbocycles. The summed E-state index contributed by atoms with van der Waals surface area (Å²) in [5.74, 6) is -0.776. The Morgan fingerprint density at radius 1 is 1.19 bits per heavy atom. The van der Waals surface area contributed by atoms with Crippen LogP contribution in [0, 0.1) is 0 Å². The standard InChI is InChI=1S/C16H21NO4/c1-15(2,3)21-14(20)17-12-7-5-11(6-8-12)16(13(18)19)9-4-10-16/h5-8H,4,9-10H2,1-3H3,(H,17,20)(H,18,19). The van der Waals surface area contributed by atoms with Crippen molar-refractivity contribution in [1.82, 2.24) is 0 Å². The summed E-state index contributed by atoms with van der Waals surface area (Å²) in [6.45, 7) is 5.38. The molecule has 0 spiro atoms. The number of rotatable bonds is 3. The van der Waals surface area contributed by atoms with Crippen LogP contribution in [-0.4, -0.2) is 22.8 Å². The summed E-state index contributed by atoms with van der Waals surface area (Å²) in [5.41, 5.74) is 0.0807. The normalized spacial score (nSPS) is 16.7. The summed E-state index contributed by atoms with van der Waals surface area (Å²) in [6.07, 6.45) is 1.75. The molecule has 5 nitrogen and oxygen atoms in total. The number of carbonyl (C=O) groups is 2. The van der Waals surface area contributed by atoms with Crippen molar-refractivity contribution in [2.45, 2.75) is 51.0 Å². The third-order valence-electron chi connectivity index (χ3n) is 3.70. The van der Waals surface area contributed by atoms with Gasteiger partial charge in [0.2, 0.25) is 0 Å². The highest BCUT2D eigenvalue weighted by Crippen LogP contribution is 2.44. The number of ether oxygens (including phenoxy) is 1. The summed E-state index contributed by atoms with van der Waals surface area (Å²) in [7, 11) is 0. The molecule has 1 amide bonds. The van der Waals surface area contributed by atoms with Crippen LogP contribution in [0.4, 0.5) is 10.5 Å². The Hall–Kier alpha value is -2.04. The largest absolute Gasteiger partial charge is 0.481 e. The van der Waals surface area contributed by atoms with E-state index in [1.165, 1.54) is 0 Å². The highest BCUT2D eigenvalue weighted by molar-refractivity contribution is 5.86. The molecule has 2 N–H and O–H groups in total. The van der Waals surface area contributed by atoms with Gasteiger partial charge in [0.1, 0.15) is 5.60 Å². The molecule has 0 bridgehead atoms. The molecule has 0 atom stereocenters. The van der Waals surface area contributed by atoms with Gasteiger partial charge in [0.25, 0.3) is 0 Å². The molecule has 0 heterocycles. The zero-order chi connectivity index (χ0) is 15.7. The van der Waals surface area contributed by atoms with Gasteiger partial charge in [-0.25, -0.2) is 4.79 Å². The van der Waals surface area contributed by atoms with Gasteiger partial charge in [-0.05, 0) is 51.3 Å². The summed E-state index contributed by atoms with van der Waals surface area (Å²) in [6, 6.07) is 6.95. The predicted octanol–water partition coefficient (Wildman–Crippen LogP) is 3.54. The lowest BCUT2D eigenvalue weighted by Crippen LogP contribution is -2.42. The average molecular weight is 291 g/mol. The van der Waals surface area contributed by atoms with Crippen molar-refractivity contribution in [2.24, 2.45) is 0 Å². The molecule has 1 aromatic carbocycles. The topological polar surface area (TPSA) is 75.6 Å². The van der Waals surface area contributed by atoms with Crippen molar-refractivity contribution in [3.8, 4) is 0 Å². The fourth-order valence-electron chi connectivity index (χ4n) is 2.45. The highest BCUT2D eigenvalue weighted by Gasteiger charge is 2.45. The first-order chi connectivity index (χ1) is 9.73. The molecule has 1 fully saturated rings. The quantitative estimate of drug-likeness (QED) is 0.893. The van der Waals surface area contributed by atoms with Crippen LogP contribution in [0.5, 0.6) is 0 Å². The SMILES string of the molecule is CC(C)(C)OC(=O)Nc1ccc(C2(C(=O)O)CCC2)cc1. The van der Waals surface area contributed by atoms with Crippen LogP contribution in [0.3, 0.4) is 0 Å². The maximum Gasteiger partial charge on any atom is 0.412 e. The van der Waals surface area contributed by atoms with E-state index in [-0.39, 0.29) is 0 Å². The van der Waals surface area contributed by atoms with E-state index in [4.69, 9.17) is 4.74 Å². The molecule has 5 heteroatoms. The second-order valence-corrected chi connectivity index (χ2v) is 6.45. The maximum atomic E-state index is 11.7. The smallest absolute Gasteiger partial charge is 0.412 e. The number of carboxylic acid groups (broad SMARTS) is 1. The van der Waals surface area contributed by atoms with Gasteiger partial charge in [0, 0.05) is 5.69 Å². The van der Waals surface area contributed by atoms with Crippen LogP contribution < -0.4 is 5.32 Å². The average Bonchev–Trinajstić information content (AvgIpc) is 2.26. The van der Waals surface area contributed by atoms with Gasteiger partial charge >= 0.3 is 12.1 Å². The lowest BCUT2D eigenvalue weighted by Gasteiger charge is -2.38. The van der Waals surface area contributed by atoms with E-state index in [0.717, 1.165) is 12.0 Å². The highest BCUT2D eigenvalue weighted by atomic mass is 16.6. The summed E-state index contributed by atoms with van der Waals surface area (Å²) in [5, 5.41) is 12.0. The minimum atomic E-state index is -0.776. The number of hydrogen-bond acceptors (Lipinski definition) is 3. The number of anilines is 1. The van der Waals surface area contributed by atoms with E-state index in [1.54, 1.807) is 45.0 Å². The number of benzene rings is 1. The van der Waals surface area contributed by atoms with E-state index < -0.39 is 23.1 Å². The Balaban J connectivity index is 2.06. The van der Waals surface area contributed by atoms with Gasteiger partial charge in [-0.3, -0.25) is 10.1 Å². The van der Waals surface area contributed by atoms with Crippen LogP contribution in [-0.2, 0) is 14.9 Å². The molecule has 1 aliphatic carbocycles. The van der Waals surface area contributed by atoms with Gasteiger partial charge in [-0.1, -0.05) is 18.6 Å². The summed E-state index contributed by atoms with van der Waals surface area (Å²) < 4.78 is 5.17. The van der Waals surface area contributed by atoms with Gasteiger partial charge in [0.05, 0.1) is 5.41 Å². The van der Waals surface area contributed by atoms with Crippen LogP contribution in [0.25, 0.3) is 0 Å². The van der Waals surface area contributed by atoms with Crippen LogP contribution in [0.1, 0.15) is 45.6 Å². The Morgan fingerprint density at radius 3 is 2.14 bits per heavy atom. The molecule has 1 aliphatic rings. The second kappa shape index (κ2) is 5.39. The van der Waals surface area contributed by atoms with Crippen molar-refractivity contribution in [3.05, 3.63) is 29.8 Å². The third kappa shape index (κ3) is 3.35. The van der Waals surface area contributed by atoms with E-state index in [9.17, 15) is 14.7 Å². The molecule has 0 aromatic heterocycles. The zero-order valence-electron chi connectivity index (χ0n) is 12.6. The summed E-state index contributed by atoms with van der Waals surface area (Å²) in [4.78, 5) is 23.1. The van der Waals surface area contributed by atoms with Gasteiger partial charge in [0.15, 0.2) is 0 Å². The second-order valence-electron chi connectivity index (χ2n) is 6.45. The Labute approximate surface area is 124 Å². The molecule has 21 heavy (non-hydrogen) atoms. The third-order valence-corrected chi connectivity index (χ3v) is 3.70. The molecule has 0 unspecified atom stereocenters. The first kappa shape index (κ1) is 15.4. The van der Waals surface area contributed by atoms with E-state index in [1.807, 2.05) is 0 Å². The van der Waals surface area contributed by atoms with Crippen molar-refractivity contribution >= 4 is 17.7 Å². The minimum absolute atomic E-state index is 0.521. The van der Waals surface area contributed by atoms with E-state index in [0.29, 0.717) is 18.5 Å². The molecule has 0 aliphatic heterocycles. The summed E-state index contributed by atoms with van der Waals surface area (Å²) >= 11 is 0. The number of amides is 1. The lowest BCUT2D eigenvalue weighted by atomic mass is 9.64. The minimum Gasteiger partial charge on any atom is -0.481 e. The predicted molar refractivity (Wildman–Crippen MR) is 79.5 cm³/mol. The van der Waals surface area contributed by atoms with E-state index in [2.05, 4.69) is 5.32 Å². The van der Waals surface area contributed by atoms with Gasteiger partial charge < -0.3 is 9.84 Å². The Kier molecular flexibility index (Phi) is 3.94. The van der Waals surface area contributed by atoms with Crippen molar-refractivity contribution in [3.63, 3.8) is 0 Å². The monoisotopic (exact) mass is 291 g/mol. The number of hydrogen-bond donors (Lipinski definition) is 2. The number of carboxylic acids is 1. The van der Waals surface area contributed by atoms with E-state index >= 15 is 0 Å². The number of aliphatic carboxylic acids is 1.